The first-order chi connectivity index (χ1) is 15.2. The number of carbonyl (C=O) groups excluding carboxylic acids is 2. The van der Waals surface area contributed by atoms with E-state index >= 15 is 0 Å². The van der Waals surface area contributed by atoms with Crippen molar-refractivity contribution in [2.45, 2.75) is 52.1 Å². The van der Waals surface area contributed by atoms with E-state index in [0.717, 1.165) is 50.7 Å². The van der Waals surface area contributed by atoms with Gasteiger partial charge in [-0.25, -0.2) is 0 Å². The fraction of sp³-hybridized carbons (Fsp3) is 0.458. The molecule has 32 heavy (non-hydrogen) atoms. The van der Waals surface area contributed by atoms with Crippen molar-refractivity contribution in [2.24, 2.45) is 5.92 Å². The molecule has 0 atom stereocenters. The van der Waals surface area contributed by atoms with Gasteiger partial charge in [0.1, 0.15) is 5.02 Å². The van der Waals surface area contributed by atoms with Gasteiger partial charge in [-0.1, -0.05) is 30.7 Å². The van der Waals surface area contributed by atoms with Crippen LogP contribution in [0.15, 0.2) is 42.6 Å². The summed E-state index contributed by atoms with van der Waals surface area (Å²) in [6.07, 6.45) is 3.72. The zero-order valence-electron chi connectivity index (χ0n) is 18.9. The van der Waals surface area contributed by atoms with Crippen molar-refractivity contribution < 1.29 is 14.3 Å². The third-order valence-electron chi connectivity index (χ3n) is 6.01. The van der Waals surface area contributed by atoms with E-state index in [2.05, 4.69) is 36.3 Å². The minimum absolute atomic E-state index is 0.0218. The maximum atomic E-state index is 12.5. The van der Waals surface area contributed by atoms with Crippen molar-refractivity contribution in [2.75, 3.05) is 18.4 Å². The second-order valence-corrected chi connectivity index (χ2v) is 9.43. The molecule has 1 aromatic heterocycles. The van der Waals surface area contributed by atoms with Gasteiger partial charge in [0, 0.05) is 29.8 Å². The predicted molar refractivity (Wildman–Crippen MR) is 125 cm³/mol. The number of hydrogen-bond donors (Lipinski definition) is 2. The monoisotopic (exact) mass is 458 g/mol. The van der Waals surface area contributed by atoms with E-state index < -0.39 is 5.91 Å². The smallest absolute Gasteiger partial charge is 0.321 e. The van der Waals surface area contributed by atoms with Gasteiger partial charge in [-0.05, 0) is 70.0 Å². The topological polar surface area (TPSA) is 88.4 Å². The number of carbonyl (C=O) groups is 2. The van der Waals surface area contributed by atoms with E-state index in [0.29, 0.717) is 10.4 Å². The molecule has 2 aromatic rings. The molecule has 1 fully saturated rings. The van der Waals surface area contributed by atoms with E-state index in [-0.39, 0.29) is 28.1 Å². The normalized spacial score (nSPS) is 15.4. The number of aromatic nitrogens is 1. The van der Waals surface area contributed by atoms with E-state index in [1.54, 1.807) is 6.07 Å². The number of anilines is 1. The number of nitrogens with zero attached hydrogens (tertiary/aromatic N) is 2. The number of pyridine rings is 1. The molecule has 0 spiro atoms. The van der Waals surface area contributed by atoms with Gasteiger partial charge in [-0.2, -0.15) is 4.73 Å². The Labute approximate surface area is 194 Å². The number of hydrogen-bond acceptors (Lipinski definition) is 4. The van der Waals surface area contributed by atoms with Crippen molar-refractivity contribution in [3.63, 3.8) is 0 Å². The van der Waals surface area contributed by atoms with Crippen LogP contribution in [0.2, 0.25) is 5.02 Å². The van der Waals surface area contributed by atoms with Crippen molar-refractivity contribution in [3.05, 3.63) is 64.1 Å². The molecule has 2 amide bonds. The molecule has 0 saturated carbocycles. The van der Waals surface area contributed by atoms with E-state index in [1.165, 1.54) is 12.1 Å². The highest BCUT2D eigenvalue weighted by atomic mass is 35.5. The van der Waals surface area contributed by atoms with Crippen molar-refractivity contribution >= 4 is 29.1 Å². The first-order valence-corrected chi connectivity index (χ1v) is 11.4. The summed E-state index contributed by atoms with van der Waals surface area (Å²) in [5.41, 5.74) is 1.49. The lowest BCUT2D eigenvalue weighted by Gasteiger charge is -2.33. The van der Waals surface area contributed by atoms with Crippen LogP contribution in [0.4, 0.5) is 5.69 Å². The quantitative estimate of drug-likeness (QED) is 0.488. The lowest BCUT2D eigenvalue weighted by Crippen LogP contribution is -2.48. The lowest BCUT2D eigenvalue weighted by molar-refractivity contribution is -0.607. The second kappa shape index (κ2) is 10.3. The highest BCUT2D eigenvalue weighted by Gasteiger charge is 2.28. The highest BCUT2D eigenvalue weighted by Crippen LogP contribution is 2.22. The van der Waals surface area contributed by atoms with Crippen LogP contribution in [0, 0.1) is 11.1 Å². The fourth-order valence-electron chi connectivity index (χ4n) is 3.71. The van der Waals surface area contributed by atoms with Crippen molar-refractivity contribution in [1.29, 1.82) is 0 Å². The van der Waals surface area contributed by atoms with Crippen molar-refractivity contribution in [1.82, 2.24) is 10.2 Å². The Morgan fingerprint density at radius 3 is 2.59 bits per heavy atom. The van der Waals surface area contributed by atoms with Gasteiger partial charge in [0.2, 0.25) is 5.91 Å². The summed E-state index contributed by atoms with van der Waals surface area (Å²) in [5, 5.41) is 18.1. The van der Waals surface area contributed by atoms with Crippen LogP contribution in [0.1, 0.15) is 56.1 Å². The molecule has 2 heterocycles. The molecule has 3 rings (SSSR count). The number of amides is 2. The third-order valence-corrected chi connectivity index (χ3v) is 6.23. The molecule has 8 heteroatoms. The van der Waals surface area contributed by atoms with Crippen LogP contribution < -0.4 is 15.4 Å². The van der Waals surface area contributed by atoms with E-state index in [9.17, 15) is 14.8 Å². The van der Waals surface area contributed by atoms with Crippen LogP contribution in [0.5, 0.6) is 0 Å². The van der Waals surface area contributed by atoms with Gasteiger partial charge in [0.15, 0.2) is 6.20 Å². The standard InChI is InChI=1S/C24H31ClN4O3/c1-4-24(2,3)27-22(30)18-10-12-28(13-11-18)15-17-6-5-7-20(14-17)26-23(31)21-9-8-19(25)16-29(21)32/h5-9,14,16,18H,4,10-13,15H2,1-3H3,(H,26,31)(H,27,30). The van der Waals surface area contributed by atoms with Gasteiger partial charge in [-0.15, -0.1) is 0 Å². The SMILES string of the molecule is CCC(C)(C)NC(=O)C1CCN(Cc2cccc(NC(=O)c3ccc(Cl)c[n+]3[O-])c2)CC1. The van der Waals surface area contributed by atoms with E-state index in [1.807, 2.05) is 18.2 Å². The molecule has 0 bridgehead atoms. The maximum Gasteiger partial charge on any atom is 0.321 e. The average Bonchev–Trinajstić information content (AvgIpc) is 2.74. The van der Waals surface area contributed by atoms with Gasteiger partial charge < -0.3 is 15.8 Å². The summed E-state index contributed by atoms with van der Waals surface area (Å²) in [6.45, 7) is 8.61. The van der Waals surface area contributed by atoms with Crippen LogP contribution in [0.3, 0.4) is 0 Å². The Hall–Kier alpha value is -2.64. The van der Waals surface area contributed by atoms with Crippen LogP contribution >= 0.6 is 11.6 Å². The molecule has 2 N–H and O–H groups in total. The average molecular weight is 459 g/mol. The number of rotatable bonds is 7. The Balaban J connectivity index is 1.54. The first kappa shape index (κ1) is 24.0. The molecule has 1 aromatic carbocycles. The minimum Gasteiger partial charge on any atom is -0.618 e. The Morgan fingerprint density at radius 2 is 1.94 bits per heavy atom. The number of nitrogens with one attached hydrogen (secondary N) is 2. The number of halogens is 1. The molecule has 0 radical (unpaired) electrons. The molecule has 7 nitrogen and oxygen atoms in total. The lowest BCUT2D eigenvalue weighted by atomic mass is 9.93. The minimum atomic E-state index is -0.490. The number of likely N-dealkylation sites (tertiary alicyclic amines) is 1. The molecule has 1 aliphatic heterocycles. The maximum absolute atomic E-state index is 12.5. The Kier molecular flexibility index (Phi) is 7.74. The molecular weight excluding hydrogens is 428 g/mol. The fourth-order valence-corrected chi connectivity index (χ4v) is 3.86. The second-order valence-electron chi connectivity index (χ2n) is 8.99. The number of benzene rings is 1. The third kappa shape index (κ3) is 6.43. The van der Waals surface area contributed by atoms with Gasteiger partial charge in [-0.3, -0.25) is 14.5 Å². The molecule has 0 unspecified atom stereocenters. The number of piperidine rings is 1. The Bertz CT molecular complexity index is 971. The predicted octanol–water partition coefficient (Wildman–Crippen LogP) is 3.74. The summed E-state index contributed by atoms with van der Waals surface area (Å²) < 4.78 is 0.462. The van der Waals surface area contributed by atoms with E-state index in [4.69, 9.17) is 11.6 Å². The first-order valence-electron chi connectivity index (χ1n) is 11.0. The molecule has 1 aliphatic rings. The molecule has 172 valence electrons. The van der Waals surface area contributed by atoms with Crippen molar-refractivity contribution in [3.8, 4) is 0 Å². The largest absolute Gasteiger partial charge is 0.618 e. The Morgan fingerprint density at radius 1 is 1.22 bits per heavy atom. The molecular formula is C24H31ClN4O3. The summed E-state index contributed by atoms with van der Waals surface area (Å²) in [7, 11) is 0. The summed E-state index contributed by atoms with van der Waals surface area (Å²) in [5.74, 6) is -0.282. The summed E-state index contributed by atoms with van der Waals surface area (Å²) >= 11 is 5.78. The van der Waals surface area contributed by atoms with Crippen LogP contribution in [-0.4, -0.2) is 35.3 Å². The van der Waals surface area contributed by atoms with Crippen LogP contribution in [-0.2, 0) is 11.3 Å². The van der Waals surface area contributed by atoms with Gasteiger partial charge in [0.05, 0.1) is 0 Å². The highest BCUT2D eigenvalue weighted by molar-refractivity contribution is 6.30. The molecule has 1 saturated heterocycles. The zero-order valence-corrected chi connectivity index (χ0v) is 19.6. The van der Waals surface area contributed by atoms with Crippen LogP contribution in [0.25, 0.3) is 0 Å². The van der Waals surface area contributed by atoms with Gasteiger partial charge >= 0.3 is 5.91 Å². The summed E-state index contributed by atoms with van der Waals surface area (Å²) in [4.78, 5) is 27.3. The zero-order chi connectivity index (χ0) is 23.3. The van der Waals surface area contributed by atoms with Gasteiger partial charge in [0.25, 0.3) is 5.69 Å². The molecule has 0 aliphatic carbocycles. The summed E-state index contributed by atoms with van der Waals surface area (Å²) in [6, 6.07) is 10.5.